The van der Waals surface area contributed by atoms with Gasteiger partial charge in [-0.25, -0.2) is 0 Å². The molecule has 0 amide bonds. The van der Waals surface area contributed by atoms with E-state index in [0.717, 1.165) is 27.8 Å². The first-order chi connectivity index (χ1) is 13.9. The average Bonchev–Trinajstić information content (AvgIpc) is 3.34. The highest BCUT2D eigenvalue weighted by Gasteiger charge is 2.62. The molecule has 2 saturated heterocycles. The van der Waals surface area contributed by atoms with Gasteiger partial charge in [0.2, 0.25) is 0 Å². The van der Waals surface area contributed by atoms with E-state index in [4.69, 9.17) is 4.74 Å². The van der Waals surface area contributed by atoms with Gasteiger partial charge < -0.3 is 9.84 Å². The Morgan fingerprint density at radius 3 is 2.45 bits per heavy atom. The zero-order chi connectivity index (χ0) is 20.4. The summed E-state index contributed by atoms with van der Waals surface area (Å²) in [6, 6.07) is 11.4. The SMILES string of the molecule is Cc1cc(C)c(C2=C(O)[C@H]3[C@@H](C2=O)[C@@H]2CC(c4ccccc4N=O)[C@H]3O2)c(C)c1. The number of fused-ring (bicyclic) bond motifs is 5. The van der Waals surface area contributed by atoms with Crippen LogP contribution >= 0.6 is 0 Å². The van der Waals surface area contributed by atoms with E-state index in [1.807, 2.05) is 45.0 Å². The van der Waals surface area contributed by atoms with Crippen molar-refractivity contribution >= 4 is 17.0 Å². The second-order valence-electron chi connectivity index (χ2n) is 8.58. The number of benzene rings is 2. The Morgan fingerprint density at radius 2 is 1.76 bits per heavy atom. The molecule has 2 heterocycles. The number of ketones is 1. The van der Waals surface area contributed by atoms with Crippen molar-refractivity contribution in [3.8, 4) is 0 Å². The number of aliphatic hydroxyl groups is 1. The maximum absolute atomic E-state index is 13.4. The maximum atomic E-state index is 13.4. The summed E-state index contributed by atoms with van der Waals surface area (Å²) in [5.74, 6) is -0.632. The minimum atomic E-state index is -0.360. The van der Waals surface area contributed by atoms with Gasteiger partial charge in [-0.2, -0.15) is 0 Å². The molecule has 3 aliphatic rings. The van der Waals surface area contributed by atoms with Crippen LogP contribution in [0.3, 0.4) is 0 Å². The summed E-state index contributed by atoms with van der Waals surface area (Å²) in [5.41, 5.74) is 5.67. The smallest absolute Gasteiger partial charge is 0.173 e. The topological polar surface area (TPSA) is 76.0 Å². The van der Waals surface area contributed by atoms with E-state index in [2.05, 4.69) is 5.18 Å². The minimum absolute atomic E-state index is 0.0182. The molecule has 2 fully saturated rings. The van der Waals surface area contributed by atoms with Crippen molar-refractivity contribution < 1.29 is 14.6 Å². The molecule has 1 aliphatic carbocycles. The molecular formula is C24H23NO4. The first-order valence-electron chi connectivity index (χ1n) is 10.1. The van der Waals surface area contributed by atoms with Gasteiger partial charge in [-0.05, 0) is 60.7 Å². The molecule has 5 nitrogen and oxygen atoms in total. The highest BCUT2D eigenvalue weighted by Crippen LogP contribution is 2.59. The van der Waals surface area contributed by atoms with E-state index in [-0.39, 0.29) is 41.5 Å². The molecule has 5 heteroatoms. The van der Waals surface area contributed by atoms with Crippen molar-refractivity contribution in [2.45, 2.75) is 45.3 Å². The number of ether oxygens (including phenoxy) is 1. The minimum Gasteiger partial charge on any atom is -0.511 e. The van der Waals surface area contributed by atoms with Crippen molar-refractivity contribution in [1.29, 1.82) is 0 Å². The van der Waals surface area contributed by atoms with Gasteiger partial charge in [0.05, 0.1) is 29.6 Å². The second kappa shape index (κ2) is 6.36. The van der Waals surface area contributed by atoms with Gasteiger partial charge in [-0.15, -0.1) is 4.91 Å². The molecule has 2 aromatic carbocycles. The lowest BCUT2D eigenvalue weighted by Crippen LogP contribution is -2.33. The number of aliphatic hydroxyl groups excluding tert-OH is 1. The van der Waals surface area contributed by atoms with Crippen molar-refractivity contribution in [3.05, 3.63) is 74.9 Å². The van der Waals surface area contributed by atoms with Crippen LogP contribution < -0.4 is 0 Å². The van der Waals surface area contributed by atoms with Gasteiger partial charge in [0.25, 0.3) is 0 Å². The highest BCUT2D eigenvalue weighted by atomic mass is 16.5. The molecule has 5 atom stereocenters. The summed E-state index contributed by atoms with van der Waals surface area (Å²) in [6.07, 6.45) is 0.101. The fourth-order valence-corrected chi connectivity index (χ4v) is 5.87. The Labute approximate surface area is 169 Å². The fourth-order valence-electron chi connectivity index (χ4n) is 5.87. The number of nitroso groups, excluding NO2 is 1. The number of hydrogen-bond donors (Lipinski definition) is 1. The van der Waals surface area contributed by atoms with Crippen molar-refractivity contribution in [1.82, 2.24) is 0 Å². The van der Waals surface area contributed by atoms with E-state index >= 15 is 0 Å². The van der Waals surface area contributed by atoms with E-state index in [9.17, 15) is 14.8 Å². The standard InChI is InChI=1S/C24H23NO4/c1-11-8-12(2)18(13(3)9-11)20-22(26)19-17-10-15(24(29-17)21(19)23(20)27)14-6-4-5-7-16(14)25-28/h4-9,15,17,19,21,24,27H,10H2,1-3H3/t15?,17-,19-,21+,24+/m0/s1. The van der Waals surface area contributed by atoms with E-state index in [0.29, 0.717) is 17.7 Å². The number of nitrogens with zero attached hydrogens (tertiary/aromatic N) is 1. The van der Waals surface area contributed by atoms with E-state index in [1.54, 1.807) is 12.1 Å². The third-order valence-electron chi connectivity index (χ3n) is 6.84. The van der Waals surface area contributed by atoms with Crippen LogP contribution in [0.1, 0.15) is 40.2 Å². The fraction of sp³-hybridized carbons (Fsp3) is 0.375. The zero-order valence-electron chi connectivity index (χ0n) is 16.7. The Morgan fingerprint density at radius 1 is 1.07 bits per heavy atom. The number of rotatable bonds is 3. The lowest BCUT2D eigenvalue weighted by molar-refractivity contribution is -0.118. The molecule has 0 spiro atoms. The number of Topliss-reactive ketones (excluding diaryl/α,β-unsaturated/α-hetero) is 1. The predicted octanol–water partition coefficient (Wildman–Crippen LogP) is 5.05. The van der Waals surface area contributed by atoms with Crippen LogP contribution in [0.25, 0.3) is 5.57 Å². The van der Waals surface area contributed by atoms with Crippen LogP contribution in [0.2, 0.25) is 0 Å². The zero-order valence-corrected chi connectivity index (χ0v) is 16.7. The molecule has 2 aromatic rings. The van der Waals surface area contributed by atoms with Crippen LogP contribution in [0, 0.1) is 37.5 Å². The molecule has 29 heavy (non-hydrogen) atoms. The van der Waals surface area contributed by atoms with Crippen LogP contribution in [0.15, 0.2) is 47.3 Å². The monoisotopic (exact) mass is 389 g/mol. The largest absolute Gasteiger partial charge is 0.511 e. The highest BCUT2D eigenvalue weighted by molar-refractivity contribution is 6.26. The lowest BCUT2D eigenvalue weighted by atomic mass is 9.72. The summed E-state index contributed by atoms with van der Waals surface area (Å²) < 4.78 is 6.15. The van der Waals surface area contributed by atoms with E-state index < -0.39 is 0 Å². The molecule has 5 rings (SSSR count). The molecule has 148 valence electrons. The number of aryl methyl sites for hydroxylation is 3. The number of carbonyl (C=O) groups is 1. The predicted molar refractivity (Wildman–Crippen MR) is 110 cm³/mol. The first kappa shape index (κ1) is 18.3. The third-order valence-corrected chi connectivity index (χ3v) is 6.84. The Hall–Kier alpha value is -2.79. The summed E-state index contributed by atoms with van der Waals surface area (Å²) in [6.45, 7) is 5.99. The Kier molecular flexibility index (Phi) is 4.00. The molecule has 2 aliphatic heterocycles. The van der Waals surface area contributed by atoms with Crippen molar-refractivity contribution in [2.75, 3.05) is 0 Å². The number of carbonyl (C=O) groups excluding carboxylic acids is 1. The molecule has 0 saturated carbocycles. The van der Waals surface area contributed by atoms with E-state index in [1.165, 1.54) is 0 Å². The van der Waals surface area contributed by atoms with Gasteiger partial charge in [0.1, 0.15) is 11.4 Å². The maximum Gasteiger partial charge on any atom is 0.173 e. The molecule has 0 aromatic heterocycles. The number of hydrogen-bond acceptors (Lipinski definition) is 5. The average molecular weight is 389 g/mol. The molecule has 0 radical (unpaired) electrons. The Bertz CT molecular complexity index is 1060. The van der Waals surface area contributed by atoms with Gasteiger partial charge in [-0.1, -0.05) is 35.9 Å². The number of allylic oxidation sites excluding steroid dienone is 1. The van der Waals surface area contributed by atoms with Crippen molar-refractivity contribution in [2.24, 2.45) is 17.0 Å². The van der Waals surface area contributed by atoms with Gasteiger partial charge in [-0.3, -0.25) is 4.79 Å². The molecular weight excluding hydrogens is 366 g/mol. The van der Waals surface area contributed by atoms with Gasteiger partial charge in [0.15, 0.2) is 5.78 Å². The molecule has 1 N–H and O–H groups in total. The summed E-state index contributed by atoms with van der Waals surface area (Å²) in [7, 11) is 0. The normalized spacial score (nSPS) is 30.2. The third kappa shape index (κ3) is 2.47. The molecule has 2 bridgehead atoms. The quantitative estimate of drug-likeness (QED) is 0.746. The van der Waals surface area contributed by atoms with Crippen LogP contribution in [0.5, 0.6) is 0 Å². The Balaban J connectivity index is 1.59. The van der Waals surface area contributed by atoms with Crippen molar-refractivity contribution in [3.63, 3.8) is 0 Å². The first-order valence-corrected chi connectivity index (χ1v) is 10.1. The molecule has 1 unspecified atom stereocenters. The van der Waals surface area contributed by atoms with Crippen LogP contribution in [-0.2, 0) is 9.53 Å². The van der Waals surface area contributed by atoms with Gasteiger partial charge in [0, 0.05) is 5.92 Å². The lowest BCUT2D eigenvalue weighted by Gasteiger charge is -2.28. The summed E-state index contributed by atoms with van der Waals surface area (Å²) in [5, 5.41) is 14.4. The van der Waals surface area contributed by atoms with Crippen LogP contribution in [0.4, 0.5) is 5.69 Å². The summed E-state index contributed by atoms with van der Waals surface area (Å²) in [4.78, 5) is 24.6. The second-order valence-corrected chi connectivity index (χ2v) is 8.58. The summed E-state index contributed by atoms with van der Waals surface area (Å²) >= 11 is 0. The van der Waals surface area contributed by atoms with Crippen LogP contribution in [-0.4, -0.2) is 23.1 Å². The van der Waals surface area contributed by atoms with Gasteiger partial charge >= 0.3 is 0 Å².